The Bertz CT molecular complexity index is 966. The molecule has 1 aliphatic heterocycles. The van der Waals surface area contributed by atoms with Crippen LogP contribution in [0.1, 0.15) is 28.3 Å². The Morgan fingerprint density at radius 3 is 2.68 bits per heavy atom. The van der Waals surface area contributed by atoms with E-state index in [0.29, 0.717) is 16.4 Å². The number of amides is 1. The van der Waals surface area contributed by atoms with Crippen LogP contribution in [0.3, 0.4) is 0 Å². The number of aromatic nitrogens is 2. The maximum atomic E-state index is 13.1. The first-order valence-electron chi connectivity index (χ1n) is 7.87. The molecule has 0 fully saturated rings. The number of benzene rings is 2. The van der Waals surface area contributed by atoms with Crippen molar-refractivity contribution in [3.63, 3.8) is 0 Å². The molecule has 4 rings (SSSR count). The van der Waals surface area contributed by atoms with E-state index in [1.54, 1.807) is 24.3 Å². The number of nitrogens with one attached hydrogen (secondary N) is 2. The van der Waals surface area contributed by atoms with Gasteiger partial charge in [-0.1, -0.05) is 54.1 Å². The number of ketones is 1. The molecular weight excluding hydrogens is 338 g/mol. The van der Waals surface area contributed by atoms with E-state index in [1.165, 1.54) is 0 Å². The maximum Gasteiger partial charge on any atom is 0.226 e. The number of hydrogen-bond donors (Lipinski definition) is 2. The Morgan fingerprint density at radius 1 is 1.12 bits per heavy atom. The summed E-state index contributed by atoms with van der Waals surface area (Å²) in [6.07, 6.45) is 0.0811. The highest BCUT2D eigenvalue weighted by molar-refractivity contribution is 6.31. The molecule has 1 atom stereocenters. The summed E-state index contributed by atoms with van der Waals surface area (Å²) < 4.78 is 0. The minimum atomic E-state index is -0.601. The summed E-state index contributed by atoms with van der Waals surface area (Å²) in [5.74, 6) is -0.553. The molecule has 0 unspecified atom stereocenters. The van der Waals surface area contributed by atoms with Crippen molar-refractivity contribution in [3.05, 3.63) is 70.7 Å². The molecule has 0 radical (unpaired) electrons. The number of aromatic amines is 1. The van der Waals surface area contributed by atoms with Gasteiger partial charge < -0.3 is 5.32 Å². The van der Waals surface area contributed by atoms with Gasteiger partial charge in [0.05, 0.1) is 11.6 Å². The van der Waals surface area contributed by atoms with Crippen LogP contribution >= 0.6 is 11.6 Å². The van der Waals surface area contributed by atoms with Gasteiger partial charge in [-0.3, -0.25) is 14.7 Å². The molecule has 2 N–H and O–H groups in total. The third-order valence-electron chi connectivity index (χ3n) is 4.29. The van der Waals surface area contributed by atoms with Gasteiger partial charge in [0.1, 0.15) is 0 Å². The summed E-state index contributed by atoms with van der Waals surface area (Å²) in [4.78, 5) is 25.1. The Kier molecular flexibility index (Phi) is 3.86. The molecule has 2 heterocycles. The lowest BCUT2D eigenvalue weighted by Gasteiger charge is -2.22. The van der Waals surface area contributed by atoms with Crippen molar-refractivity contribution in [2.24, 2.45) is 0 Å². The third kappa shape index (κ3) is 2.83. The Hall–Kier alpha value is -2.92. The molecule has 2 aromatic carbocycles. The summed E-state index contributed by atoms with van der Waals surface area (Å²) in [5.41, 5.74) is 2.86. The standard InChI is InChI=1S/C19H14ClN3O2/c20-13-8-4-7-12(9-13)18(25)14-10-15(24)21-19-16(14)17(22-23-19)11-5-2-1-3-6-11/h1-9,14H,10H2,(H2,21,22,23,24)/t14-/m0/s1. The fraction of sp³-hybridized carbons (Fsp3) is 0.105. The Labute approximate surface area is 149 Å². The van der Waals surface area contributed by atoms with E-state index >= 15 is 0 Å². The second-order valence-electron chi connectivity index (χ2n) is 5.91. The second-order valence-corrected chi connectivity index (χ2v) is 6.34. The number of carbonyl (C=O) groups is 2. The smallest absolute Gasteiger partial charge is 0.226 e. The first-order valence-corrected chi connectivity index (χ1v) is 8.24. The number of hydrogen-bond acceptors (Lipinski definition) is 3. The van der Waals surface area contributed by atoms with E-state index in [4.69, 9.17) is 11.6 Å². The van der Waals surface area contributed by atoms with Gasteiger partial charge in [0.2, 0.25) is 5.91 Å². The lowest BCUT2D eigenvalue weighted by molar-refractivity contribution is -0.116. The van der Waals surface area contributed by atoms with E-state index in [2.05, 4.69) is 15.5 Å². The topological polar surface area (TPSA) is 74.8 Å². The van der Waals surface area contributed by atoms with Gasteiger partial charge in [-0.25, -0.2) is 0 Å². The van der Waals surface area contributed by atoms with E-state index < -0.39 is 5.92 Å². The van der Waals surface area contributed by atoms with Crippen molar-refractivity contribution in [2.75, 3.05) is 5.32 Å². The van der Waals surface area contributed by atoms with Crippen molar-refractivity contribution >= 4 is 29.1 Å². The Balaban J connectivity index is 1.82. The largest absolute Gasteiger partial charge is 0.309 e. The quantitative estimate of drug-likeness (QED) is 0.699. The second kappa shape index (κ2) is 6.18. The third-order valence-corrected chi connectivity index (χ3v) is 4.52. The van der Waals surface area contributed by atoms with Crippen molar-refractivity contribution in [3.8, 4) is 11.3 Å². The molecule has 1 amide bonds. The predicted octanol–water partition coefficient (Wildman–Crippen LogP) is 4.04. The van der Waals surface area contributed by atoms with Crippen LogP contribution in [-0.4, -0.2) is 21.9 Å². The number of halogens is 1. The van der Waals surface area contributed by atoms with Gasteiger partial charge in [-0.15, -0.1) is 0 Å². The maximum absolute atomic E-state index is 13.1. The highest BCUT2D eigenvalue weighted by Crippen LogP contribution is 2.39. The van der Waals surface area contributed by atoms with Crippen LogP contribution in [0.2, 0.25) is 5.02 Å². The first-order chi connectivity index (χ1) is 12.1. The normalized spacial score (nSPS) is 16.2. The number of H-pyrrole nitrogens is 1. The van der Waals surface area contributed by atoms with Crippen LogP contribution < -0.4 is 5.32 Å². The van der Waals surface area contributed by atoms with E-state index in [-0.39, 0.29) is 18.1 Å². The fourth-order valence-corrected chi connectivity index (χ4v) is 3.34. The summed E-state index contributed by atoms with van der Waals surface area (Å²) in [6, 6.07) is 16.4. The van der Waals surface area contributed by atoms with Crippen molar-refractivity contribution in [1.82, 2.24) is 10.2 Å². The monoisotopic (exact) mass is 351 g/mol. The van der Waals surface area contributed by atoms with Gasteiger partial charge in [0, 0.05) is 22.6 Å². The molecule has 0 aliphatic carbocycles. The molecule has 124 valence electrons. The van der Waals surface area contributed by atoms with Crippen molar-refractivity contribution in [2.45, 2.75) is 12.3 Å². The van der Waals surface area contributed by atoms with Crippen LogP contribution in [0.4, 0.5) is 5.82 Å². The number of Topliss-reactive ketones (excluding diaryl/α,β-unsaturated/α-hetero) is 1. The molecule has 3 aromatic rings. The SMILES string of the molecule is O=C1C[C@H](C(=O)c2cccc(Cl)c2)c2c(n[nH]c2-c2ccccc2)N1. The van der Waals surface area contributed by atoms with Crippen LogP contribution in [0.25, 0.3) is 11.3 Å². The van der Waals surface area contributed by atoms with Gasteiger partial charge >= 0.3 is 0 Å². The summed E-state index contributed by atoms with van der Waals surface area (Å²) in [6.45, 7) is 0. The van der Waals surface area contributed by atoms with Crippen molar-refractivity contribution in [1.29, 1.82) is 0 Å². The Morgan fingerprint density at radius 2 is 1.92 bits per heavy atom. The number of rotatable bonds is 3. The fourth-order valence-electron chi connectivity index (χ4n) is 3.15. The van der Waals surface area contributed by atoms with Gasteiger partial charge in [-0.2, -0.15) is 5.10 Å². The minimum absolute atomic E-state index is 0.0811. The first kappa shape index (κ1) is 15.6. The summed E-state index contributed by atoms with van der Waals surface area (Å²) in [7, 11) is 0. The van der Waals surface area contributed by atoms with E-state index in [1.807, 2.05) is 30.3 Å². The highest BCUT2D eigenvalue weighted by atomic mass is 35.5. The molecule has 1 aliphatic rings. The van der Waals surface area contributed by atoms with E-state index in [9.17, 15) is 9.59 Å². The van der Waals surface area contributed by atoms with Gasteiger partial charge in [0.25, 0.3) is 0 Å². The molecule has 0 saturated heterocycles. The number of nitrogens with zero attached hydrogens (tertiary/aromatic N) is 1. The molecule has 25 heavy (non-hydrogen) atoms. The predicted molar refractivity (Wildman–Crippen MR) is 95.8 cm³/mol. The van der Waals surface area contributed by atoms with Gasteiger partial charge in [0.15, 0.2) is 11.6 Å². The van der Waals surface area contributed by atoms with Crippen LogP contribution in [0.5, 0.6) is 0 Å². The lowest BCUT2D eigenvalue weighted by atomic mass is 9.84. The van der Waals surface area contributed by atoms with Gasteiger partial charge in [-0.05, 0) is 17.7 Å². The molecule has 0 saturated carbocycles. The van der Waals surface area contributed by atoms with E-state index in [0.717, 1.165) is 16.8 Å². The molecule has 1 aromatic heterocycles. The van der Waals surface area contributed by atoms with Crippen LogP contribution in [0, 0.1) is 0 Å². The van der Waals surface area contributed by atoms with Crippen molar-refractivity contribution < 1.29 is 9.59 Å². The zero-order valence-corrected chi connectivity index (χ0v) is 13.9. The molecule has 0 spiro atoms. The summed E-state index contributed by atoms with van der Waals surface area (Å²) >= 11 is 6.01. The number of anilines is 1. The highest BCUT2D eigenvalue weighted by Gasteiger charge is 2.35. The number of carbonyl (C=O) groups excluding carboxylic acids is 2. The average Bonchev–Trinajstić information content (AvgIpc) is 3.05. The molecular formula is C19H14ClN3O2. The molecule has 5 nitrogen and oxygen atoms in total. The summed E-state index contributed by atoms with van der Waals surface area (Å²) in [5, 5.41) is 10.4. The molecule has 6 heteroatoms. The van der Waals surface area contributed by atoms with Crippen LogP contribution in [0.15, 0.2) is 54.6 Å². The molecule has 0 bridgehead atoms. The number of fused-ring (bicyclic) bond motifs is 1. The lowest BCUT2D eigenvalue weighted by Crippen LogP contribution is -2.27. The van der Waals surface area contributed by atoms with Crippen LogP contribution in [-0.2, 0) is 4.79 Å². The zero-order chi connectivity index (χ0) is 17.4. The zero-order valence-electron chi connectivity index (χ0n) is 13.1. The average molecular weight is 352 g/mol. The minimum Gasteiger partial charge on any atom is -0.309 e.